The van der Waals surface area contributed by atoms with E-state index >= 15 is 0 Å². The van der Waals surface area contributed by atoms with Gasteiger partial charge in [-0.2, -0.15) is 0 Å². The van der Waals surface area contributed by atoms with E-state index in [-0.39, 0.29) is 5.78 Å². The topological polar surface area (TPSA) is 30.0 Å². The standard InChI is InChI=1S/C14H12ClNO/c15-13-5-1-4-12(9-13)14(17)7-6-11-3-2-8-16-10-11/h1-5,8-10H,6-7H2. The molecule has 17 heavy (non-hydrogen) atoms. The fourth-order valence-corrected chi connectivity index (χ4v) is 1.80. The Bertz CT molecular complexity index is 511. The van der Waals surface area contributed by atoms with Gasteiger partial charge in [-0.3, -0.25) is 9.78 Å². The van der Waals surface area contributed by atoms with Gasteiger partial charge in [0.05, 0.1) is 0 Å². The van der Waals surface area contributed by atoms with Crippen molar-refractivity contribution < 1.29 is 4.79 Å². The van der Waals surface area contributed by atoms with Gasteiger partial charge in [-0.25, -0.2) is 0 Å². The zero-order chi connectivity index (χ0) is 12.1. The molecule has 0 aliphatic heterocycles. The highest BCUT2D eigenvalue weighted by atomic mass is 35.5. The van der Waals surface area contributed by atoms with Crippen molar-refractivity contribution in [1.82, 2.24) is 4.98 Å². The minimum absolute atomic E-state index is 0.108. The molecule has 0 atom stereocenters. The van der Waals surface area contributed by atoms with Crippen LogP contribution in [0.4, 0.5) is 0 Å². The summed E-state index contributed by atoms with van der Waals surface area (Å²) in [5, 5.41) is 0.595. The fraction of sp³-hybridized carbons (Fsp3) is 0.143. The third-order valence-corrected chi connectivity index (χ3v) is 2.75. The smallest absolute Gasteiger partial charge is 0.163 e. The van der Waals surface area contributed by atoms with E-state index in [1.165, 1.54) is 0 Å². The average Bonchev–Trinajstić information content (AvgIpc) is 2.37. The number of aromatic nitrogens is 1. The Kier molecular flexibility index (Phi) is 3.89. The van der Waals surface area contributed by atoms with Crippen LogP contribution in [-0.4, -0.2) is 10.8 Å². The van der Waals surface area contributed by atoms with Crippen LogP contribution < -0.4 is 0 Å². The molecule has 0 amide bonds. The summed E-state index contributed by atoms with van der Waals surface area (Å²) in [5.41, 5.74) is 1.74. The van der Waals surface area contributed by atoms with Crippen LogP contribution in [0.1, 0.15) is 22.3 Å². The number of rotatable bonds is 4. The van der Waals surface area contributed by atoms with E-state index in [0.717, 1.165) is 5.56 Å². The second kappa shape index (κ2) is 5.60. The van der Waals surface area contributed by atoms with Crippen LogP contribution in [0.3, 0.4) is 0 Å². The van der Waals surface area contributed by atoms with E-state index in [1.807, 2.05) is 12.1 Å². The first-order valence-electron chi connectivity index (χ1n) is 5.43. The van der Waals surface area contributed by atoms with Crippen molar-refractivity contribution in [2.24, 2.45) is 0 Å². The maximum absolute atomic E-state index is 11.9. The van der Waals surface area contributed by atoms with Crippen molar-refractivity contribution in [3.8, 4) is 0 Å². The number of hydrogen-bond acceptors (Lipinski definition) is 2. The molecule has 0 radical (unpaired) electrons. The van der Waals surface area contributed by atoms with Gasteiger partial charge in [0, 0.05) is 29.4 Å². The van der Waals surface area contributed by atoms with E-state index in [4.69, 9.17) is 11.6 Å². The molecule has 0 saturated carbocycles. The van der Waals surface area contributed by atoms with Gasteiger partial charge in [0.1, 0.15) is 0 Å². The summed E-state index contributed by atoms with van der Waals surface area (Å²) >= 11 is 5.84. The molecular formula is C14H12ClNO. The lowest BCUT2D eigenvalue weighted by Crippen LogP contribution is -2.01. The van der Waals surface area contributed by atoms with Crippen molar-refractivity contribution in [1.29, 1.82) is 0 Å². The van der Waals surface area contributed by atoms with Crippen molar-refractivity contribution in [2.45, 2.75) is 12.8 Å². The number of halogens is 1. The highest BCUT2D eigenvalue weighted by Gasteiger charge is 2.06. The molecule has 2 aromatic rings. The van der Waals surface area contributed by atoms with Crippen molar-refractivity contribution >= 4 is 17.4 Å². The lowest BCUT2D eigenvalue weighted by Gasteiger charge is -2.01. The molecule has 1 aromatic heterocycles. The van der Waals surface area contributed by atoms with Crippen LogP contribution >= 0.6 is 11.6 Å². The molecule has 0 fully saturated rings. The predicted molar refractivity (Wildman–Crippen MR) is 68.3 cm³/mol. The van der Waals surface area contributed by atoms with Gasteiger partial charge in [0.15, 0.2) is 5.78 Å². The molecule has 0 bridgehead atoms. The summed E-state index contributed by atoms with van der Waals surface area (Å²) in [6.07, 6.45) is 4.69. The van der Waals surface area contributed by atoms with Crippen molar-refractivity contribution in [2.75, 3.05) is 0 Å². The first kappa shape index (κ1) is 11.8. The summed E-state index contributed by atoms with van der Waals surface area (Å²) in [5.74, 6) is 0.108. The third-order valence-electron chi connectivity index (χ3n) is 2.51. The Morgan fingerprint density at radius 2 is 2.12 bits per heavy atom. The first-order chi connectivity index (χ1) is 8.25. The van der Waals surface area contributed by atoms with E-state index in [0.29, 0.717) is 23.4 Å². The fourth-order valence-electron chi connectivity index (χ4n) is 1.61. The van der Waals surface area contributed by atoms with Gasteiger partial charge in [-0.15, -0.1) is 0 Å². The third kappa shape index (κ3) is 3.40. The number of benzene rings is 1. The van der Waals surface area contributed by atoms with Gasteiger partial charge < -0.3 is 0 Å². The molecule has 1 heterocycles. The minimum atomic E-state index is 0.108. The van der Waals surface area contributed by atoms with E-state index < -0.39 is 0 Å². The number of carbonyl (C=O) groups is 1. The quantitative estimate of drug-likeness (QED) is 0.771. The van der Waals surface area contributed by atoms with Gasteiger partial charge in [0.2, 0.25) is 0 Å². The molecule has 0 spiro atoms. The maximum Gasteiger partial charge on any atom is 0.163 e. The number of carbonyl (C=O) groups excluding carboxylic acids is 1. The first-order valence-corrected chi connectivity index (χ1v) is 5.81. The van der Waals surface area contributed by atoms with E-state index in [1.54, 1.807) is 36.7 Å². The lowest BCUT2D eigenvalue weighted by molar-refractivity contribution is 0.0983. The van der Waals surface area contributed by atoms with Crippen LogP contribution in [-0.2, 0) is 6.42 Å². The second-order valence-corrected chi connectivity index (χ2v) is 4.23. The predicted octanol–water partition coefficient (Wildman–Crippen LogP) is 3.55. The largest absolute Gasteiger partial charge is 0.294 e. The molecule has 86 valence electrons. The lowest BCUT2D eigenvalue weighted by atomic mass is 10.0. The number of nitrogens with zero attached hydrogens (tertiary/aromatic N) is 1. The molecule has 2 rings (SSSR count). The number of hydrogen-bond donors (Lipinski definition) is 0. The van der Waals surface area contributed by atoms with Gasteiger partial charge in [0.25, 0.3) is 0 Å². The summed E-state index contributed by atoms with van der Waals surface area (Å²) < 4.78 is 0. The molecule has 3 heteroatoms. The Labute approximate surface area is 105 Å². The Balaban J connectivity index is 1.98. The zero-order valence-electron chi connectivity index (χ0n) is 9.27. The summed E-state index contributed by atoms with van der Waals surface area (Å²) in [6, 6.07) is 10.9. The minimum Gasteiger partial charge on any atom is -0.294 e. The number of pyridine rings is 1. The SMILES string of the molecule is O=C(CCc1cccnc1)c1cccc(Cl)c1. The molecule has 0 unspecified atom stereocenters. The Hall–Kier alpha value is -1.67. The van der Waals surface area contributed by atoms with Crippen molar-refractivity contribution in [3.05, 3.63) is 64.9 Å². The molecule has 1 aromatic carbocycles. The van der Waals surface area contributed by atoms with E-state index in [9.17, 15) is 4.79 Å². The van der Waals surface area contributed by atoms with Gasteiger partial charge in [-0.1, -0.05) is 29.8 Å². The average molecular weight is 246 g/mol. The monoisotopic (exact) mass is 245 g/mol. The normalized spacial score (nSPS) is 10.2. The maximum atomic E-state index is 11.9. The molecular weight excluding hydrogens is 234 g/mol. The number of Topliss-reactive ketones (excluding diaryl/α,β-unsaturated/α-hetero) is 1. The van der Waals surface area contributed by atoms with Gasteiger partial charge in [-0.05, 0) is 30.2 Å². The van der Waals surface area contributed by atoms with Crippen LogP contribution in [0.2, 0.25) is 5.02 Å². The summed E-state index contributed by atoms with van der Waals surface area (Å²) in [6.45, 7) is 0. The highest BCUT2D eigenvalue weighted by molar-refractivity contribution is 6.31. The summed E-state index contributed by atoms with van der Waals surface area (Å²) in [7, 11) is 0. The highest BCUT2D eigenvalue weighted by Crippen LogP contribution is 2.13. The van der Waals surface area contributed by atoms with Crippen LogP contribution in [0.25, 0.3) is 0 Å². The molecule has 0 aliphatic rings. The Morgan fingerprint density at radius 3 is 2.82 bits per heavy atom. The molecule has 2 nitrogen and oxygen atoms in total. The molecule has 0 saturated heterocycles. The van der Waals surface area contributed by atoms with Crippen LogP contribution in [0, 0.1) is 0 Å². The Morgan fingerprint density at radius 1 is 1.24 bits per heavy atom. The number of aryl methyl sites for hydroxylation is 1. The van der Waals surface area contributed by atoms with E-state index in [2.05, 4.69) is 4.98 Å². The second-order valence-electron chi connectivity index (χ2n) is 3.79. The zero-order valence-corrected chi connectivity index (χ0v) is 10.0. The van der Waals surface area contributed by atoms with Crippen LogP contribution in [0.5, 0.6) is 0 Å². The van der Waals surface area contributed by atoms with Crippen molar-refractivity contribution in [3.63, 3.8) is 0 Å². The summed E-state index contributed by atoms with van der Waals surface area (Å²) in [4.78, 5) is 15.9. The number of ketones is 1. The molecule has 0 aliphatic carbocycles. The van der Waals surface area contributed by atoms with Crippen LogP contribution in [0.15, 0.2) is 48.8 Å². The molecule has 0 N–H and O–H groups in total. The van der Waals surface area contributed by atoms with Gasteiger partial charge >= 0.3 is 0 Å².